The number of methoxy groups -OCH3 is 2. The van der Waals surface area contributed by atoms with Crippen molar-refractivity contribution >= 4 is 28.6 Å². The van der Waals surface area contributed by atoms with Crippen molar-refractivity contribution in [2.24, 2.45) is 0 Å². The van der Waals surface area contributed by atoms with Crippen LogP contribution in [0, 0.1) is 17.0 Å². The van der Waals surface area contributed by atoms with Crippen molar-refractivity contribution in [3.05, 3.63) is 63.2 Å². The van der Waals surface area contributed by atoms with Gasteiger partial charge in [-0.1, -0.05) is 30.3 Å². The summed E-state index contributed by atoms with van der Waals surface area (Å²) in [6.45, 7) is 6.60. The molecule has 3 rings (SSSR count). The molecule has 36 heavy (non-hydrogen) atoms. The number of aromatic nitrogens is 2. The van der Waals surface area contributed by atoms with Crippen LogP contribution in [0.1, 0.15) is 42.3 Å². The van der Waals surface area contributed by atoms with E-state index in [1.54, 1.807) is 20.8 Å². The van der Waals surface area contributed by atoms with Gasteiger partial charge in [-0.3, -0.25) is 14.9 Å². The van der Waals surface area contributed by atoms with Crippen LogP contribution in [0.5, 0.6) is 11.8 Å². The number of hydrogen-bond acceptors (Lipinski definition) is 9. The third-order valence-electron chi connectivity index (χ3n) is 5.22. The normalized spacial score (nSPS) is 12.1. The molecular formula is C25H28N4O7. The average molecular weight is 497 g/mol. The fourth-order valence-electron chi connectivity index (χ4n) is 3.62. The Morgan fingerprint density at radius 1 is 1.08 bits per heavy atom. The molecule has 0 aliphatic rings. The predicted molar refractivity (Wildman–Crippen MR) is 131 cm³/mol. The van der Waals surface area contributed by atoms with Gasteiger partial charge in [0.2, 0.25) is 0 Å². The van der Waals surface area contributed by atoms with Crippen LogP contribution in [0.4, 0.5) is 5.69 Å². The SMILES string of the molecule is COc1nc2cc([N+](=O)[O-])c(C)c(C(=O)N[C@@H](Cc3ccccc3)C(=O)OC(C)(C)C)c2nc1OC. The van der Waals surface area contributed by atoms with E-state index in [1.807, 2.05) is 30.3 Å². The molecule has 11 heteroatoms. The first kappa shape index (κ1) is 26.3. The number of hydrogen-bond donors (Lipinski definition) is 1. The van der Waals surface area contributed by atoms with Crippen LogP contribution in [0.2, 0.25) is 0 Å². The van der Waals surface area contributed by atoms with Crippen molar-refractivity contribution in [2.45, 2.75) is 45.8 Å². The summed E-state index contributed by atoms with van der Waals surface area (Å²) < 4.78 is 15.9. The highest BCUT2D eigenvalue weighted by Crippen LogP contribution is 2.33. The molecule has 0 fully saturated rings. The molecule has 11 nitrogen and oxygen atoms in total. The van der Waals surface area contributed by atoms with Crippen molar-refractivity contribution in [3.8, 4) is 11.8 Å². The van der Waals surface area contributed by atoms with Crippen LogP contribution in [-0.4, -0.2) is 52.6 Å². The van der Waals surface area contributed by atoms with E-state index in [1.165, 1.54) is 27.2 Å². The maximum atomic E-state index is 13.6. The fraction of sp³-hybridized carbons (Fsp3) is 0.360. The number of rotatable bonds is 8. The van der Waals surface area contributed by atoms with Gasteiger partial charge in [-0.25, -0.2) is 14.8 Å². The average Bonchev–Trinajstić information content (AvgIpc) is 2.81. The summed E-state index contributed by atoms with van der Waals surface area (Å²) in [5, 5.41) is 14.4. The Labute approximate surface area is 207 Å². The van der Waals surface area contributed by atoms with E-state index in [4.69, 9.17) is 14.2 Å². The molecule has 1 amide bonds. The van der Waals surface area contributed by atoms with Gasteiger partial charge in [0.05, 0.1) is 24.7 Å². The third kappa shape index (κ3) is 5.85. The van der Waals surface area contributed by atoms with E-state index >= 15 is 0 Å². The summed E-state index contributed by atoms with van der Waals surface area (Å²) in [7, 11) is 2.71. The smallest absolute Gasteiger partial charge is 0.329 e. The third-order valence-corrected chi connectivity index (χ3v) is 5.22. The molecule has 3 aromatic rings. The van der Waals surface area contributed by atoms with Crippen molar-refractivity contribution < 1.29 is 28.7 Å². The summed E-state index contributed by atoms with van der Waals surface area (Å²) in [6, 6.07) is 9.25. The number of nitrogens with one attached hydrogen (secondary N) is 1. The minimum absolute atomic E-state index is 0.000260. The first-order valence-electron chi connectivity index (χ1n) is 11.1. The zero-order valence-electron chi connectivity index (χ0n) is 20.9. The number of nitro benzene ring substituents is 1. The van der Waals surface area contributed by atoms with Gasteiger partial charge in [0.1, 0.15) is 22.7 Å². The zero-order chi connectivity index (χ0) is 26.6. The highest BCUT2D eigenvalue weighted by Gasteiger charge is 2.31. The molecular weight excluding hydrogens is 468 g/mol. The number of carbonyl (C=O) groups excluding carboxylic acids is 2. The Hall–Kier alpha value is -4.28. The van der Waals surface area contributed by atoms with E-state index in [2.05, 4.69) is 15.3 Å². The number of ether oxygens (including phenoxy) is 3. The molecule has 0 bridgehead atoms. The van der Waals surface area contributed by atoms with Crippen LogP contribution in [0.3, 0.4) is 0 Å². The maximum Gasteiger partial charge on any atom is 0.329 e. The van der Waals surface area contributed by atoms with Crippen molar-refractivity contribution in [1.29, 1.82) is 0 Å². The number of nitrogens with zero attached hydrogens (tertiary/aromatic N) is 3. The lowest BCUT2D eigenvalue weighted by Gasteiger charge is -2.25. The fourth-order valence-corrected chi connectivity index (χ4v) is 3.62. The Bertz CT molecular complexity index is 1300. The molecule has 1 heterocycles. The van der Waals surface area contributed by atoms with Gasteiger partial charge in [-0.05, 0) is 33.3 Å². The van der Waals surface area contributed by atoms with Crippen LogP contribution >= 0.6 is 0 Å². The molecule has 0 saturated heterocycles. The Balaban J connectivity index is 2.12. The predicted octanol–water partition coefficient (Wildman–Crippen LogP) is 3.55. The molecule has 1 atom stereocenters. The standard InChI is InChI=1S/C25H28N4O7/c1-14-18(29(32)33)13-16-20(28-23(35-6)22(27-16)34-5)19(14)21(30)26-17(24(31)36-25(2,3)4)12-15-10-8-7-9-11-15/h7-11,13,17H,12H2,1-6H3,(H,26,30)/t17-/m0/s1. The minimum atomic E-state index is -1.07. The highest BCUT2D eigenvalue weighted by atomic mass is 16.6. The van der Waals surface area contributed by atoms with E-state index in [0.717, 1.165) is 5.56 Å². The van der Waals surface area contributed by atoms with Crippen LogP contribution in [0.15, 0.2) is 36.4 Å². The lowest BCUT2D eigenvalue weighted by Crippen LogP contribution is -2.45. The molecule has 190 valence electrons. The largest absolute Gasteiger partial charge is 0.477 e. The van der Waals surface area contributed by atoms with Crippen LogP contribution < -0.4 is 14.8 Å². The lowest BCUT2D eigenvalue weighted by atomic mass is 10.0. The maximum absolute atomic E-state index is 13.6. The molecule has 0 aliphatic heterocycles. The summed E-state index contributed by atoms with van der Waals surface area (Å²) in [4.78, 5) is 46.3. The summed E-state index contributed by atoms with van der Waals surface area (Å²) in [6.07, 6.45) is 0.149. The number of nitro groups is 1. The summed E-state index contributed by atoms with van der Waals surface area (Å²) >= 11 is 0. The summed E-state index contributed by atoms with van der Waals surface area (Å²) in [5.41, 5.74) is -0.238. The lowest BCUT2D eigenvalue weighted by molar-refractivity contribution is -0.385. The topological polar surface area (TPSA) is 143 Å². The Kier molecular flexibility index (Phi) is 7.71. The second kappa shape index (κ2) is 10.5. The molecule has 0 unspecified atom stereocenters. The number of benzene rings is 2. The van der Waals surface area contributed by atoms with E-state index in [9.17, 15) is 19.7 Å². The monoisotopic (exact) mass is 496 g/mol. The molecule has 2 aromatic carbocycles. The van der Waals surface area contributed by atoms with E-state index < -0.39 is 28.4 Å². The number of esters is 1. The minimum Gasteiger partial charge on any atom is -0.477 e. The highest BCUT2D eigenvalue weighted by molar-refractivity contribution is 6.08. The molecule has 1 aromatic heterocycles. The number of amides is 1. The van der Waals surface area contributed by atoms with Crippen LogP contribution in [0.25, 0.3) is 11.0 Å². The van der Waals surface area contributed by atoms with Gasteiger partial charge < -0.3 is 19.5 Å². The quantitative estimate of drug-likeness (QED) is 0.281. The van der Waals surface area contributed by atoms with Crippen molar-refractivity contribution in [2.75, 3.05) is 14.2 Å². The van der Waals surface area contributed by atoms with Gasteiger partial charge in [0.15, 0.2) is 0 Å². The second-order valence-electron chi connectivity index (χ2n) is 9.01. The molecule has 0 spiro atoms. The first-order chi connectivity index (χ1) is 16.9. The van der Waals surface area contributed by atoms with Gasteiger partial charge in [0, 0.05) is 18.1 Å². The molecule has 1 N–H and O–H groups in total. The van der Waals surface area contributed by atoms with Crippen molar-refractivity contribution in [1.82, 2.24) is 15.3 Å². The van der Waals surface area contributed by atoms with Gasteiger partial charge in [0.25, 0.3) is 23.4 Å². The molecule has 0 aliphatic carbocycles. The van der Waals surface area contributed by atoms with Gasteiger partial charge >= 0.3 is 5.97 Å². The molecule has 0 saturated carbocycles. The Morgan fingerprint density at radius 3 is 2.25 bits per heavy atom. The zero-order valence-corrected chi connectivity index (χ0v) is 20.9. The van der Waals surface area contributed by atoms with E-state index in [0.29, 0.717) is 0 Å². The number of carbonyl (C=O) groups is 2. The first-order valence-corrected chi connectivity index (χ1v) is 11.1. The van der Waals surface area contributed by atoms with Crippen LogP contribution in [-0.2, 0) is 16.0 Å². The summed E-state index contributed by atoms with van der Waals surface area (Å²) in [5.74, 6) is -1.38. The van der Waals surface area contributed by atoms with Gasteiger partial charge in [-0.2, -0.15) is 0 Å². The van der Waals surface area contributed by atoms with E-state index in [-0.39, 0.29) is 46.0 Å². The number of fused-ring (bicyclic) bond motifs is 1. The molecule has 0 radical (unpaired) electrons. The van der Waals surface area contributed by atoms with Crippen molar-refractivity contribution in [3.63, 3.8) is 0 Å². The van der Waals surface area contributed by atoms with Gasteiger partial charge in [-0.15, -0.1) is 0 Å². The Morgan fingerprint density at radius 2 is 1.69 bits per heavy atom. The second-order valence-corrected chi connectivity index (χ2v) is 9.01.